The molecule has 176 valence electrons. The Hall–Kier alpha value is -3.52. The lowest BCUT2D eigenvalue weighted by Crippen LogP contribution is -2.45. The number of nitrogens with one attached hydrogen (secondary N) is 1. The van der Waals surface area contributed by atoms with Crippen LogP contribution < -0.4 is 5.32 Å². The molecule has 1 aliphatic rings. The van der Waals surface area contributed by atoms with E-state index in [1.807, 2.05) is 43.5 Å². The summed E-state index contributed by atoms with van der Waals surface area (Å²) in [6.07, 6.45) is 5.89. The van der Waals surface area contributed by atoms with Gasteiger partial charge in [-0.1, -0.05) is 25.0 Å². The van der Waals surface area contributed by atoms with Gasteiger partial charge in [0.2, 0.25) is 0 Å². The fraction of sp³-hybridized carbons (Fsp3) is 0.308. The molecule has 2 heterocycles. The maximum Gasteiger partial charge on any atom is 0.253 e. The van der Waals surface area contributed by atoms with Crippen molar-refractivity contribution in [2.75, 3.05) is 0 Å². The fourth-order valence-corrected chi connectivity index (χ4v) is 4.66. The van der Waals surface area contributed by atoms with Crippen molar-refractivity contribution in [1.29, 1.82) is 0 Å². The Labute approximate surface area is 195 Å². The third-order valence-electron chi connectivity index (χ3n) is 6.50. The Morgan fingerprint density at radius 3 is 2.59 bits per heavy atom. The molecule has 2 aromatic heterocycles. The van der Waals surface area contributed by atoms with E-state index in [0.717, 1.165) is 35.9 Å². The standard InChI is InChI=1S/C26H26F2N4O2/c1-16-12-13-32(30-16)18-8-6-17(7-9-18)14-31-15-19(24-22(31)11-10-20(27)25(24)28)26(34)29-21-4-2-3-5-23(21)33/h6-13,15,21,23,33H,2-5,14H2,1H3,(H,29,34)/t21-,23-/m0/s1. The normalized spacial score (nSPS) is 18.4. The number of aromatic nitrogens is 3. The second-order valence-corrected chi connectivity index (χ2v) is 8.93. The first kappa shape index (κ1) is 22.3. The number of hydrogen-bond donors (Lipinski definition) is 2. The minimum atomic E-state index is -1.05. The summed E-state index contributed by atoms with van der Waals surface area (Å²) in [6, 6.07) is 11.8. The van der Waals surface area contributed by atoms with Gasteiger partial charge >= 0.3 is 0 Å². The van der Waals surface area contributed by atoms with E-state index in [4.69, 9.17) is 0 Å². The molecule has 0 spiro atoms. The SMILES string of the molecule is Cc1ccn(-c2ccc(Cn3cc(C(=O)N[C@H]4CCCC[C@@H]4O)c4c(F)c(F)ccc43)cc2)n1. The van der Waals surface area contributed by atoms with E-state index in [1.165, 1.54) is 6.07 Å². The minimum Gasteiger partial charge on any atom is -0.391 e. The molecule has 4 aromatic rings. The monoisotopic (exact) mass is 464 g/mol. The molecule has 2 atom stereocenters. The third-order valence-corrected chi connectivity index (χ3v) is 6.50. The summed E-state index contributed by atoms with van der Waals surface area (Å²) in [5, 5.41) is 17.4. The molecule has 1 amide bonds. The van der Waals surface area contributed by atoms with Gasteiger partial charge in [-0.15, -0.1) is 0 Å². The van der Waals surface area contributed by atoms with Crippen LogP contribution in [0.15, 0.2) is 54.9 Å². The number of amides is 1. The molecule has 0 bridgehead atoms. The van der Waals surface area contributed by atoms with Crippen LogP contribution in [0.1, 0.15) is 47.3 Å². The number of aliphatic hydroxyl groups is 1. The number of aryl methyl sites for hydroxylation is 1. The van der Waals surface area contributed by atoms with Gasteiger partial charge < -0.3 is 15.0 Å². The highest BCUT2D eigenvalue weighted by Gasteiger charge is 2.27. The molecule has 0 unspecified atom stereocenters. The lowest BCUT2D eigenvalue weighted by Gasteiger charge is -2.28. The highest BCUT2D eigenvalue weighted by atomic mass is 19.2. The molecule has 5 rings (SSSR count). The van der Waals surface area contributed by atoms with E-state index in [1.54, 1.807) is 15.4 Å². The Kier molecular flexibility index (Phi) is 5.91. The van der Waals surface area contributed by atoms with Gasteiger partial charge in [0.25, 0.3) is 5.91 Å². The van der Waals surface area contributed by atoms with E-state index in [2.05, 4.69) is 10.4 Å². The van der Waals surface area contributed by atoms with E-state index < -0.39 is 29.7 Å². The number of rotatable bonds is 5. The highest BCUT2D eigenvalue weighted by molar-refractivity contribution is 6.07. The van der Waals surface area contributed by atoms with Gasteiger partial charge in [0, 0.05) is 18.9 Å². The molecule has 0 saturated heterocycles. The van der Waals surface area contributed by atoms with E-state index in [0.29, 0.717) is 24.9 Å². The molecule has 34 heavy (non-hydrogen) atoms. The molecule has 2 N–H and O–H groups in total. The molecule has 1 saturated carbocycles. The summed E-state index contributed by atoms with van der Waals surface area (Å²) in [6.45, 7) is 2.30. The van der Waals surface area contributed by atoms with E-state index in [-0.39, 0.29) is 10.9 Å². The van der Waals surface area contributed by atoms with Crippen molar-refractivity contribution in [1.82, 2.24) is 19.7 Å². The number of aliphatic hydroxyl groups excluding tert-OH is 1. The molecule has 2 aromatic carbocycles. The van der Waals surface area contributed by atoms with Crippen molar-refractivity contribution >= 4 is 16.8 Å². The van der Waals surface area contributed by atoms with E-state index >= 15 is 0 Å². The molecule has 1 aliphatic carbocycles. The molecule has 0 radical (unpaired) electrons. The minimum absolute atomic E-state index is 0.0496. The maximum absolute atomic E-state index is 14.8. The Bertz CT molecular complexity index is 1340. The van der Waals surface area contributed by atoms with Crippen LogP contribution in [-0.4, -0.2) is 37.5 Å². The lowest BCUT2D eigenvalue weighted by molar-refractivity contribution is 0.0718. The first-order valence-corrected chi connectivity index (χ1v) is 11.5. The number of hydrogen-bond acceptors (Lipinski definition) is 3. The van der Waals surface area contributed by atoms with Crippen LogP contribution in [0.3, 0.4) is 0 Å². The molecule has 6 nitrogen and oxygen atoms in total. The van der Waals surface area contributed by atoms with Crippen LogP contribution in [0.5, 0.6) is 0 Å². The lowest BCUT2D eigenvalue weighted by atomic mass is 9.92. The van der Waals surface area contributed by atoms with Crippen molar-refractivity contribution in [3.8, 4) is 5.69 Å². The molecular formula is C26H26F2N4O2. The summed E-state index contributed by atoms with van der Waals surface area (Å²) in [5.74, 6) is -2.56. The summed E-state index contributed by atoms with van der Waals surface area (Å²) >= 11 is 0. The maximum atomic E-state index is 14.8. The van der Waals surface area contributed by atoms with Crippen molar-refractivity contribution in [3.05, 3.63) is 83.3 Å². The summed E-state index contributed by atoms with van der Waals surface area (Å²) in [4.78, 5) is 13.1. The number of carbonyl (C=O) groups is 1. The highest BCUT2D eigenvalue weighted by Crippen LogP contribution is 2.28. The first-order chi connectivity index (χ1) is 16.4. The van der Waals surface area contributed by atoms with Crippen LogP contribution >= 0.6 is 0 Å². The Morgan fingerprint density at radius 2 is 1.88 bits per heavy atom. The summed E-state index contributed by atoms with van der Waals surface area (Å²) in [7, 11) is 0. The second-order valence-electron chi connectivity index (χ2n) is 8.93. The average Bonchev–Trinajstić information content (AvgIpc) is 3.42. The van der Waals surface area contributed by atoms with Gasteiger partial charge in [0.15, 0.2) is 11.6 Å². The molecular weight excluding hydrogens is 438 g/mol. The van der Waals surface area contributed by atoms with Gasteiger partial charge in [-0.25, -0.2) is 13.5 Å². The number of nitrogens with zero attached hydrogens (tertiary/aromatic N) is 3. The number of carbonyl (C=O) groups excluding carboxylic acids is 1. The van der Waals surface area contributed by atoms with Gasteiger partial charge in [0.05, 0.1) is 40.0 Å². The summed E-state index contributed by atoms with van der Waals surface area (Å²) in [5.41, 5.74) is 3.26. The van der Waals surface area contributed by atoms with Gasteiger partial charge in [-0.2, -0.15) is 5.10 Å². The largest absolute Gasteiger partial charge is 0.391 e. The van der Waals surface area contributed by atoms with Crippen molar-refractivity contribution in [3.63, 3.8) is 0 Å². The average molecular weight is 465 g/mol. The zero-order valence-corrected chi connectivity index (χ0v) is 18.8. The Balaban J connectivity index is 1.46. The van der Waals surface area contributed by atoms with Crippen LogP contribution in [0.2, 0.25) is 0 Å². The second kappa shape index (κ2) is 9.02. The predicted molar refractivity (Wildman–Crippen MR) is 125 cm³/mol. The van der Waals surface area contributed by atoms with E-state index in [9.17, 15) is 18.7 Å². The summed E-state index contributed by atoms with van der Waals surface area (Å²) < 4.78 is 32.5. The van der Waals surface area contributed by atoms with Gasteiger partial charge in [0.1, 0.15) is 0 Å². The van der Waals surface area contributed by atoms with Crippen LogP contribution in [0.25, 0.3) is 16.6 Å². The molecule has 1 fully saturated rings. The quantitative estimate of drug-likeness (QED) is 0.457. The number of fused-ring (bicyclic) bond motifs is 1. The fourth-order valence-electron chi connectivity index (χ4n) is 4.66. The number of halogens is 2. The van der Waals surface area contributed by atoms with Crippen molar-refractivity contribution < 1.29 is 18.7 Å². The molecule has 0 aliphatic heterocycles. The Morgan fingerprint density at radius 1 is 1.12 bits per heavy atom. The third kappa shape index (κ3) is 4.21. The zero-order chi connectivity index (χ0) is 23.8. The smallest absolute Gasteiger partial charge is 0.253 e. The van der Waals surface area contributed by atoms with Crippen molar-refractivity contribution in [2.24, 2.45) is 0 Å². The van der Waals surface area contributed by atoms with Crippen LogP contribution in [0, 0.1) is 18.6 Å². The zero-order valence-electron chi connectivity index (χ0n) is 18.8. The van der Waals surface area contributed by atoms with Crippen molar-refractivity contribution in [2.45, 2.75) is 51.3 Å². The van der Waals surface area contributed by atoms with Gasteiger partial charge in [-0.3, -0.25) is 4.79 Å². The topological polar surface area (TPSA) is 72.1 Å². The molecule has 8 heteroatoms. The van der Waals surface area contributed by atoms with Gasteiger partial charge in [-0.05, 0) is 55.7 Å². The first-order valence-electron chi connectivity index (χ1n) is 11.5. The predicted octanol–water partition coefficient (Wildman–Crippen LogP) is 4.50. The van der Waals surface area contributed by atoms with Crippen LogP contribution in [0.4, 0.5) is 8.78 Å². The number of benzene rings is 2. The van der Waals surface area contributed by atoms with Crippen LogP contribution in [-0.2, 0) is 6.54 Å².